The predicted octanol–water partition coefficient (Wildman–Crippen LogP) is 6.96. The van der Waals surface area contributed by atoms with Crippen LogP contribution in [0.2, 0.25) is 0 Å². The van der Waals surface area contributed by atoms with Crippen LogP contribution >= 0.6 is 0 Å². The van der Waals surface area contributed by atoms with E-state index in [1.54, 1.807) is 0 Å². The molecule has 0 unspecified atom stereocenters. The minimum atomic E-state index is -0.607. The molecule has 1 saturated carbocycles. The van der Waals surface area contributed by atoms with E-state index in [0.717, 1.165) is 24.8 Å². The third-order valence-corrected chi connectivity index (χ3v) is 8.30. The van der Waals surface area contributed by atoms with Gasteiger partial charge in [-0.15, -0.1) is 0 Å². The van der Waals surface area contributed by atoms with Crippen molar-refractivity contribution in [1.29, 1.82) is 0 Å². The lowest BCUT2D eigenvalue weighted by Gasteiger charge is -2.48. The van der Waals surface area contributed by atoms with Gasteiger partial charge in [-0.3, -0.25) is 9.69 Å². The fourth-order valence-electron chi connectivity index (χ4n) is 6.79. The number of benzene rings is 4. The zero-order valence-electron chi connectivity index (χ0n) is 21.1. The standard InChI is InChI=1S/C34H33NO2/c36-33(37-25-26-14-5-1-6-15-26)32-24-27-16-13-23-31(27)35(32)34(28-17-7-2-8-18-28,29-19-9-3-10-20-29)30-21-11-4-12-22-30/h1-12,14-15,17-22,27,31-32H,13,16,23-25H2/t27-,31-,32-/m0/s1. The van der Waals surface area contributed by atoms with Crippen LogP contribution in [0.4, 0.5) is 0 Å². The Morgan fingerprint density at radius 1 is 0.703 bits per heavy atom. The molecule has 1 heterocycles. The smallest absolute Gasteiger partial charge is 0.323 e. The summed E-state index contributed by atoms with van der Waals surface area (Å²) in [6.45, 7) is 0.300. The highest BCUT2D eigenvalue weighted by molar-refractivity contribution is 5.77. The molecule has 3 nitrogen and oxygen atoms in total. The van der Waals surface area contributed by atoms with Gasteiger partial charge >= 0.3 is 5.97 Å². The van der Waals surface area contributed by atoms with Crippen LogP contribution in [0, 0.1) is 5.92 Å². The third-order valence-electron chi connectivity index (χ3n) is 8.30. The lowest BCUT2D eigenvalue weighted by Crippen LogP contribution is -2.56. The summed E-state index contributed by atoms with van der Waals surface area (Å²) < 4.78 is 6.03. The predicted molar refractivity (Wildman–Crippen MR) is 147 cm³/mol. The Hall–Kier alpha value is -3.69. The third kappa shape index (κ3) is 4.28. The van der Waals surface area contributed by atoms with E-state index in [0.29, 0.717) is 18.6 Å². The van der Waals surface area contributed by atoms with Gasteiger partial charge in [-0.25, -0.2) is 0 Å². The van der Waals surface area contributed by atoms with Gasteiger partial charge < -0.3 is 4.74 Å². The SMILES string of the molecule is O=C(OCc1ccccc1)[C@@H]1C[C@@H]2CCC[C@@H]2N1C(c1ccccc1)(c1ccccc1)c1ccccc1. The molecule has 1 saturated heterocycles. The minimum Gasteiger partial charge on any atom is -0.460 e. The summed E-state index contributed by atoms with van der Waals surface area (Å²) in [5, 5.41) is 0. The van der Waals surface area contributed by atoms with Crippen molar-refractivity contribution in [2.75, 3.05) is 0 Å². The number of hydrogen-bond acceptors (Lipinski definition) is 3. The van der Waals surface area contributed by atoms with E-state index in [-0.39, 0.29) is 12.0 Å². The lowest BCUT2D eigenvalue weighted by molar-refractivity contribution is -0.152. The second-order valence-corrected chi connectivity index (χ2v) is 10.3. The molecule has 6 rings (SSSR count). The fraction of sp³-hybridized carbons (Fsp3) is 0.265. The first-order valence-electron chi connectivity index (χ1n) is 13.4. The van der Waals surface area contributed by atoms with Gasteiger partial charge in [0.2, 0.25) is 0 Å². The molecule has 0 N–H and O–H groups in total. The number of esters is 1. The van der Waals surface area contributed by atoms with E-state index < -0.39 is 5.54 Å². The maximum atomic E-state index is 13.9. The van der Waals surface area contributed by atoms with Crippen molar-refractivity contribution < 1.29 is 9.53 Å². The van der Waals surface area contributed by atoms with Crippen LogP contribution in [0.15, 0.2) is 121 Å². The van der Waals surface area contributed by atoms with Gasteiger partial charge in [-0.2, -0.15) is 0 Å². The van der Waals surface area contributed by atoms with Crippen molar-refractivity contribution in [2.45, 2.75) is 49.9 Å². The highest BCUT2D eigenvalue weighted by Gasteiger charge is 2.57. The normalized spacial score (nSPS) is 21.5. The average Bonchev–Trinajstić information content (AvgIpc) is 3.57. The summed E-state index contributed by atoms with van der Waals surface area (Å²) in [6.07, 6.45) is 4.30. The zero-order chi connectivity index (χ0) is 25.1. The molecule has 0 spiro atoms. The fourth-order valence-corrected chi connectivity index (χ4v) is 6.79. The largest absolute Gasteiger partial charge is 0.460 e. The first-order chi connectivity index (χ1) is 18.3. The number of carbonyl (C=O) groups is 1. The van der Waals surface area contributed by atoms with E-state index in [9.17, 15) is 4.79 Å². The van der Waals surface area contributed by atoms with Crippen LogP contribution in [0.3, 0.4) is 0 Å². The van der Waals surface area contributed by atoms with Crippen LogP contribution in [-0.4, -0.2) is 23.0 Å². The Morgan fingerprint density at radius 3 is 1.70 bits per heavy atom. The van der Waals surface area contributed by atoms with Gasteiger partial charge in [0.15, 0.2) is 0 Å². The summed E-state index contributed by atoms with van der Waals surface area (Å²) >= 11 is 0. The Kier molecular flexibility index (Phi) is 6.63. The second-order valence-electron chi connectivity index (χ2n) is 10.3. The number of rotatable bonds is 7. The molecule has 2 aliphatic rings. The molecule has 3 atom stereocenters. The second kappa shape index (κ2) is 10.4. The molecule has 0 radical (unpaired) electrons. The molecule has 37 heavy (non-hydrogen) atoms. The summed E-state index contributed by atoms with van der Waals surface area (Å²) in [5.74, 6) is 0.371. The number of carbonyl (C=O) groups excluding carboxylic acids is 1. The van der Waals surface area contributed by atoms with Crippen LogP contribution in [-0.2, 0) is 21.7 Å². The molecular weight excluding hydrogens is 454 g/mol. The number of nitrogens with zero attached hydrogens (tertiary/aromatic N) is 1. The maximum absolute atomic E-state index is 13.9. The van der Waals surface area contributed by atoms with Gasteiger partial charge in [-0.05, 0) is 47.4 Å². The van der Waals surface area contributed by atoms with Crippen LogP contribution in [0.1, 0.15) is 47.9 Å². The molecule has 0 aromatic heterocycles. The molecule has 186 valence electrons. The highest BCUT2D eigenvalue weighted by Crippen LogP contribution is 2.53. The van der Waals surface area contributed by atoms with Gasteiger partial charge in [0.25, 0.3) is 0 Å². The summed E-state index contributed by atoms with van der Waals surface area (Å²) in [5.41, 5.74) is 3.95. The first-order valence-corrected chi connectivity index (χ1v) is 13.4. The lowest BCUT2D eigenvalue weighted by atomic mass is 9.74. The Morgan fingerprint density at radius 2 is 1.19 bits per heavy atom. The Balaban J connectivity index is 1.51. The van der Waals surface area contributed by atoms with Gasteiger partial charge in [0.1, 0.15) is 12.6 Å². The number of hydrogen-bond donors (Lipinski definition) is 0. The van der Waals surface area contributed by atoms with Crippen molar-refractivity contribution in [3.05, 3.63) is 144 Å². The molecule has 3 heteroatoms. The monoisotopic (exact) mass is 487 g/mol. The topological polar surface area (TPSA) is 29.5 Å². The highest BCUT2D eigenvalue weighted by atomic mass is 16.5. The van der Waals surface area contributed by atoms with Gasteiger partial charge in [0, 0.05) is 6.04 Å². The molecule has 1 aliphatic carbocycles. The Labute approximate surface area is 219 Å². The molecule has 0 amide bonds. The summed E-state index contributed by atoms with van der Waals surface area (Å²) in [4.78, 5) is 16.5. The van der Waals surface area contributed by atoms with E-state index >= 15 is 0 Å². The summed E-state index contributed by atoms with van der Waals surface area (Å²) in [7, 11) is 0. The number of ether oxygens (including phenoxy) is 1. The van der Waals surface area contributed by atoms with Crippen molar-refractivity contribution in [3.8, 4) is 0 Å². The number of fused-ring (bicyclic) bond motifs is 1. The van der Waals surface area contributed by atoms with Gasteiger partial charge in [-0.1, -0.05) is 128 Å². The molecule has 0 bridgehead atoms. The van der Waals surface area contributed by atoms with Crippen molar-refractivity contribution in [3.63, 3.8) is 0 Å². The minimum absolute atomic E-state index is 0.120. The molecular formula is C34H33NO2. The molecule has 4 aromatic rings. The van der Waals surface area contributed by atoms with Crippen molar-refractivity contribution >= 4 is 5.97 Å². The zero-order valence-corrected chi connectivity index (χ0v) is 21.1. The van der Waals surface area contributed by atoms with Crippen molar-refractivity contribution in [2.24, 2.45) is 5.92 Å². The molecule has 2 fully saturated rings. The molecule has 4 aromatic carbocycles. The average molecular weight is 488 g/mol. The molecule has 1 aliphatic heterocycles. The Bertz CT molecular complexity index is 1210. The quantitative estimate of drug-likeness (QED) is 0.208. The van der Waals surface area contributed by atoms with Crippen molar-refractivity contribution in [1.82, 2.24) is 4.90 Å². The van der Waals surface area contributed by atoms with E-state index in [1.807, 2.05) is 30.3 Å². The van der Waals surface area contributed by atoms with E-state index in [1.165, 1.54) is 23.1 Å². The maximum Gasteiger partial charge on any atom is 0.323 e. The van der Waals surface area contributed by atoms with E-state index in [2.05, 4.69) is 95.9 Å². The van der Waals surface area contributed by atoms with Crippen LogP contribution in [0.25, 0.3) is 0 Å². The first kappa shape index (κ1) is 23.7. The van der Waals surface area contributed by atoms with Crippen LogP contribution in [0.5, 0.6) is 0 Å². The number of likely N-dealkylation sites (tertiary alicyclic amines) is 1. The van der Waals surface area contributed by atoms with E-state index in [4.69, 9.17) is 4.74 Å². The summed E-state index contributed by atoms with van der Waals surface area (Å²) in [6, 6.07) is 42.2. The van der Waals surface area contributed by atoms with Gasteiger partial charge in [0.05, 0.1) is 5.54 Å². The van der Waals surface area contributed by atoms with Crippen LogP contribution < -0.4 is 0 Å².